The van der Waals surface area contributed by atoms with Crippen molar-refractivity contribution in [2.45, 2.75) is 44.6 Å². The van der Waals surface area contributed by atoms with E-state index in [-0.39, 0.29) is 0 Å². The lowest BCUT2D eigenvalue weighted by molar-refractivity contribution is 0.0417. The molecular weight excluding hydrogens is 222 g/mol. The van der Waals surface area contributed by atoms with Gasteiger partial charge in [0.05, 0.1) is 6.10 Å². The summed E-state index contributed by atoms with van der Waals surface area (Å²) in [6.45, 7) is 1.91. The summed E-state index contributed by atoms with van der Waals surface area (Å²) in [6, 6.07) is 8.62. The van der Waals surface area contributed by atoms with Gasteiger partial charge in [-0.15, -0.1) is 0 Å². The smallest absolute Gasteiger partial charge is 0.0750 e. The first-order chi connectivity index (χ1) is 8.92. The Kier molecular flexibility index (Phi) is 3.84. The van der Waals surface area contributed by atoms with Crippen molar-refractivity contribution in [3.63, 3.8) is 0 Å². The van der Waals surface area contributed by atoms with Crippen LogP contribution in [0.4, 0.5) is 5.69 Å². The van der Waals surface area contributed by atoms with Crippen LogP contribution in [0.5, 0.6) is 0 Å². The van der Waals surface area contributed by atoms with E-state index >= 15 is 0 Å². The molecule has 98 valence electrons. The molecule has 0 radical (unpaired) electrons. The quantitative estimate of drug-likeness (QED) is 0.874. The van der Waals surface area contributed by atoms with Crippen LogP contribution in [0.2, 0.25) is 0 Å². The molecule has 18 heavy (non-hydrogen) atoms. The van der Waals surface area contributed by atoms with Gasteiger partial charge < -0.3 is 10.1 Å². The number of ether oxygens (including phenoxy) is 1. The molecule has 2 heteroatoms. The molecule has 0 spiro atoms. The molecular formula is C16H23NO. The van der Waals surface area contributed by atoms with Gasteiger partial charge in [0.25, 0.3) is 0 Å². The van der Waals surface area contributed by atoms with Crippen molar-refractivity contribution in [3.8, 4) is 0 Å². The zero-order chi connectivity index (χ0) is 12.2. The van der Waals surface area contributed by atoms with Crippen molar-refractivity contribution < 1.29 is 4.74 Å². The van der Waals surface area contributed by atoms with Crippen LogP contribution in [0, 0.1) is 5.92 Å². The van der Waals surface area contributed by atoms with Gasteiger partial charge >= 0.3 is 0 Å². The third kappa shape index (κ3) is 2.86. The Bertz CT molecular complexity index is 359. The first kappa shape index (κ1) is 12.0. The van der Waals surface area contributed by atoms with Crippen molar-refractivity contribution in [2.24, 2.45) is 5.92 Å². The SMILES string of the molecule is c1ccc2c(c1)CCC(OCCC1CCC1)CN2. The van der Waals surface area contributed by atoms with Crippen molar-refractivity contribution in [2.75, 3.05) is 18.5 Å². The predicted octanol–water partition coefficient (Wildman–Crippen LogP) is 3.62. The van der Waals surface area contributed by atoms with E-state index in [2.05, 4.69) is 29.6 Å². The second-order valence-electron chi connectivity index (χ2n) is 5.66. The van der Waals surface area contributed by atoms with E-state index in [9.17, 15) is 0 Å². The number of hydrogen-bond acceptors (Lipinski definition) is 2. The molecule has 1 aliphatic heterocycles. The van der Waals surface area contributed by atoms with Crippen molar-refractivity contribution >= 4 is 5.69 Å². The van der Waals surface area contributed by atoms with Gasteiger partial charge in [-0.2, -0.15) is 0 Å². The number of nitrogens with one attached hydrogen (secondary N) is 1. The fourth-order valence-corrected chi connectivity index (χ4v) is 2.88. The lowest BCUT2D eigenvalue weighted by Crippen LogP contribution is -2.24. The second kappa shape index (κ2) is 5.75. The van der Waals surface area contributed by atoms with E-state index < -0.39 is 0 Å². The van der Waals surface area contributed by atoms with E-state index in [0.29, 0.717) is 6.10 Å². The van der Waals surface area contributed by atoms with Crippen molar-refractivity contribution in [3.05, 3.63) is 29.8 Å². The Hall–Kier alpha value is -1.02. The van der Waals surface area contributed by atoms with Gasteiger partial charge in [-0.25, -0.2) is 0 Å². The van der Waals surface area contributed by atoms with E-state index in [1.54, 1.807) is 0 Å². The average Bonchev–Trinajstić information content (AvgIpc) is 2.55. The van der Waals surface area contributed by atoms with Gasteiger partial charge in [0.1, 0.15) is 0 Å². The van der Waals surface area contributed by atoms with Gasteiger partial charge in [0, 0.05) is 18.8 Å². The van der Waals surface area contributed by atoms with Crippen LogP contribution in [-0.2, 0) is 11.2 Å². The second-order valence-corrected chi connectivity index (χ2v) is 5.66. The van der Waals surface area contributed by atoms with Crippen LogP contribution in [-0.4, -0.2) is 19.3 Å². The molecule has 0 saturated heterocycles. The highest BCUT2D eigenvalue weighted by Crippen LogP contribution is 2.29. The number of anilines is 1. The van der Waals surface area contributed by atoms with Crippen molar-refractivity contribution in [1.29, 1.82) is 0 Å². The highest BCUT2D eigenvalue weighted by Gasteiger charge is 2.19. The van der Waals surface area contributed by atoms with Crippen LogP contribution >= 0.6 is 0 Å². The maximum atomic E-state index is 6.04. The first-order valence-corrected chi connectivity index (χ1v) is 7.35. The molecule has 2 nitrogen and oxygen atoms in total. The fraction of sp³-hybridized carbons (Fsp3) is 0.625. The number of fused-ring (bicyclic) bond motifs is 1. The van der Waals surface area contributed by atoms with E-state index in [4.69, 9.17) is 4.74 Å². The standard InChI is InChI=1S/C16H23NO/c1-2-7-16-14(6-1)8-9-15(12-17-16)18-11-10-13-4-3-5-13/h1-2,6-7,13,15,17H,3-5,8-12H2. The highest BCUT2D eigenvalue weighted by molar-refractivity contribution is 5.51. The minimum Gasteiger partial charge on any atom is -0.382 e. The minimum atomic E-state index is 0.387. The summed E-state index contributed by atoms with van der Waals surface area (Å²) in [6.07, 6.45) is 8.23. The monoisotopic (exact) mass is 245 g/mol. The number of hydrogen-bond donors (Lipinski definition) is 1. The summed E-state index contributed by atoms with van der Waals surface area (Å²) in [5.74, 6) is 0.959. The number of aryl methyl sites for hydroxylation is 1. The normalized spacial score (nSPS) is 23.7. The van der Waals surface area contributed by atoms with Crippen molar-refractivity contribution in [1.82, 2.24) is 0 Å². The Balaban J connectivity index is 1.45. The van der Waals surface area contributed by atoms with E-state index in [1.165, 1.54) is 36.9 Å². The van der Waals surface area contributed by atoms with Gasteiger partial charge in [-0.05, 0) is 36.8 Å². The van der Waals surface area contributed by atoms with E-state index in [1.807, 2.05) is 0 Å². The summed E-state index contributed by atoms with van der Waals surface area (Å²) >= 11 is 0. The molecule has 0 amide bonds. The maximum Gasteiger partial charge on any atom is 0.0750 e. The molecule has 1 unspecified atom stereocenters. The van der Waals surface area contributed by atoms with E-state index in [0.717, 1.165) is 31.9 Å². The largest absolute Gasteiger partial charge is 0.382 e. The Morgan fingerprint density at radius 3 is 2.89 bits per heavy atom. The molecule has 1 N–H and O–H groups in total. The fourth-order valence-electron chi connectivity index (χ4n) is 2.88. The van der Waals surface area contributed by atoms with Crippen LogP contribution in [0.3, 0.4) is 0 Å². The molecule has 3 rings (SSSR count). The summed E-state index contributed by atoms with van der Waals surface area (Å²) in [4.78, 5) is 0. The molecule has 1 atom stereocenters. The molecule has 0 bridgehead atoms. The Morgan fingerprint density at radius 1 is 1.17 bits per heavy atom. The lowest BCUT2D eigenvalue weighted by atomic mass is 9.83. The zero-order valence-corrected chi connectivity index (χ0v) is 11.0. The third-order valence-electron chi connectivity index (χ3n) is 4.38. The summed E-state index contributed by atoms with van der Waals surface area (Å²) in [7, 11) is 0. The maximum absolute atomic E-state index is 6.04. The summed E-state index contributed by atoms with van der Waals surface area (Å²) in [5, 5.41) is 3.52. The molecule has 1 aliphatic carbocycles. The van der Waals surface area contributed by atoms with Gasteiger partial charge in [-0.3, -0.25) is 0 Å². The summed E-state index contributed by atoms with van der Waals surface area (Å²) in [5.41, 5.74) is 2.73. The van der Waals surface area contributed by atoms with Crippen LogP contribution < -0.4 is 5.32 Å². The molecule has 1 aromatic rings. The predicted molar refractivity (Wildman–Crippen MR) is 75.0 cm³/mol. The first-order valence-electron chi connectivity index (χ1n) is 7.35. The van der Waals surface area contributed by atoms with Gasteiger partial charge in [0.2, 0.25) is 0 Å². The van der Waals surface area contributed by atoms with Crippen LogP contribution in [0.25, 0.3) is 0 Å². The molecule has 1 saturated carbocycles. The van der Waals surface area contributed by atoms with Gasteiger partial charge in [0.15, 0.2) is 0 Å². The van der Waals surface area contributed by atoms with Gasteiger partial charge in [-0.1, -0.05) is 37.5 Å². The Morgan fingerprint density at radius 2 is 2.06 bits per heavy atom. The Labute approximate surface area is 110 Å². The van der Waals surface area contributed by atoms with Crippen LogP contribution in [0.15, 0.2) is 24.3 Å². The zero-order valence-electron chi connectivity index (χ0n) is 11.0. The molecule has 2 aliphatic rings. The summed E-state index contributed by atoms with van der Waals surface area (Å²) < 4.78 is 6.04. The lowest BCUT2D eigenvalue weighted by Gasteiger charge is -2.26. The highest BCUT2D eigenvalue weighted by atomic mass is 16.5. The number of rotatable bonds is 4. The number of para-hydroxylation sites is 1. The molecule has 0 aromatic heterocycles. The molecule has 1 fully saturated rings. The average molecular weight is 245 g/mol. The minimum absolute atomic E-state index is 0.387. The number of benzene rings is 1. The van der Waals surface area contributed by atoms with Crippen LogP contribution in [0.1, 0.15) is 37.7 Å². The topological polar surface area (TPSA) is 21.3 Å². The molecule has 1 aromatic carbocycles. The molecule has 1 heterocycles. The third-order valence-corrected chi connectivity index (χ3v) is 4.38.